The molecule has 1 N–H and O–H groups in total. The summed E-state index contributed by atoms with van der Waals surface area (Å²) in [5.41, 5.74) is 1.18. The fourth-order valence-electron chi connectivity index (χ4n) is 3.23. The van der Waals surface area contributed by atoms with E-state index in [4.69, 9.17) is 9.47 Å². The van der Waals surface area contributed by atoms with Crippen molar-refractivity contribution in [1.29, 1.82) is 0 Å². The van der Waals surface area contributed by atoms with Gasteiger partial charge in [0.25, 0.3) is 0 Å². The van der Waals surface area contributed by atoms with Gasteiger partial charge in [-0.25, -0.2) is 0 Å². The minimum Gasteiger partial charge on any atom is -0.493 e. The van der Waals surface area contributed by atoms with Gasteiger partial charge in [0.1, 0.15) is 0 Å². The number of ether oxygens (including phenoxy) is 2. The van der Waals surface area contributed by atoms with Gasteiger partial charge in [-0.2, -0.15) is 0 Å². The van der Waals surface area contributed by atoms with Crippen molar-refractivity contribution in [1.82, 2.24) is 10.2 Å². The van der Waals surface area contributed by atoms with Crippen LogP contribution >= 0.6 is 11.3 Å². The molecule has 1 atom stereocenters. The monoisotopic (exact) mass is 332 g/mol. The van der Waals surface area contributed by atoms with Gasteiger partial charge in [-0.15, -0.1) is 11.3 Å². The minimum atomic E-state index is 0.208. The standard InChI is InChI=1S/C18H24N2O2S/c1-21-15-7-3-6-14(18(15)22-2)17(16-8-4-13-23-16)20-11-5-9-19-10-12-20/h3-4,6-8,13,17,19H,5,9-12H2,1-2H3. The predicted octanol–water partition coefficient (Wildman–Crippen LogP) is 3.15. The second-order valence-electron chi connectivity index (χ2n) is 5.64. The first-order valence-electron chi connectivity index (χ1n) is 8.04. The van der Waals surface area contributed by atoms with Crippen LogP contribution in [0.25, 0.3) is 0 Å². The second kappa shape index (κ2) is 7.81. The Morgan fingerprint density at radius 1 is 1.09 bits per heavy atom. The van der Waals surface area contributed by atoms with E-state index >= 15 is 0 Å². The molecule has 1 fully saturated rings. The van der Waals surface area contributed by atoms with Crippen LogP contribution in [0.3, 0.4) is 0 Å². The molecule has 1 unspecified atom stereocenters. The first-order chi connectivity index (χ1) is 11.3. The molecule has 0 bridgehead atoms. The molecule has 2 heterocycles. The summed E-state index contributed by atoms with van der Waals surface area (Å²) in [5, 5.41) is 5.63. The van der Waals surface area contributed by atoms with E-state index in [0.29, 0.717) is 0 Å². The number of thiophene rings is 1. The SMILES string of the molecule is COc1cccc(C(c2cccs2)N2CCCNCC2)c1OC. The Kier molecular flexibility index (Phi) is 5.54. The molecular formula is C18H24N2O2S. The third kappa shape index (κ3) is 3.52. The number of methoxy groups -OCH3 is 2. The fourth-order valence-corrected chi connectivity index (χ4v) is 4.11. The lowest BCUT2D eigenvalue weighted by molar-refractivity contribution is 0.237. The topological polar surface area (TPSA) is 33.7 Å². The van der Waals surface area contributed by atoms with Crippen LogP contribution in [0, 0.1) is 0 Å². The van der Waals surface area contributed by atoms with Crippen LogP contribution in [0.5, 0.6) is 11.5 Å². The summed E-state index contributed by atoms with van der Waals surface area (Å²) in [6, 6.07) is 10.7. The van der Waals surface area contributed by atoms with Crippen molar-refractivity contribution in [3.8, 4) is 11.5 Å². The molecule has 0 aliphatic carbocycles. The van der Waals surface area contributed by atoms with Gasteiger partial charge in [-0.05, 0) is 30.5 Å². The molecule has 5 heteroatoms. The maximum atomic E-state index is 5.71. The summed E-state index contributed by atoms with van der Waals surface area (Å²) >= 11 is 1.80. The van der Waals surface area contributed by atoms with Gasteiger partial charge in [-0.1, -0.05) is 18.2 Å². The Bertz CT molecular complexity index is 607. The van der Waals surface area contributed by atoms with Gasteiger partial charge >= 0.3 is 0 Å². The van der Waals surface area contributed by atoms with E-state index in [2.05, 4.69) is 33.8 Å². The summed E-state index contributed by atoms with van der Waals surface area (Å²) in [5.74, 6) is 1.63. The molecule has 0 radical (unpaired) electrons. The number of hydrogen-bond acceptors (Lipinski definition) is 5. The Labute approximate surface area is 142 Å². The highest BCUT2D eigenvalue weighted by Crippen LogP contribution is 2.41. The molecular weight excluding hydrogens is 308 g/mol. The lowest BCUT2D eigenvalue weighted by Gasteiger charge is -2.31. The van der Waals surface area contributed by atoms with Crippen LogP contribution in [0.2, 0.25) is 0 Å². The number of hydrogen-bond donors (Lipinski definition) is 1. The third-order valence-electron chi connectivity index (χ3n) is 4.28. The van der Waals surface area contributed by atoms with Crippen LogP contribution in [-0.2, 0) is 0 Å². The Morgan fingerprint density at radius 2 is 2.00 bits per heavy atom. The van der Waals surface area contributed by atoms with Crippen molar-refractivity contribution in [2.24, 2.45) is 0 Å². The van der Waals surface area contributed by atoms with E-state index in [0.717, 1.165) is 44.1 Å². The average molecular weight is 332 g/mol. The summed E-state index contributed by atoms with van der Waals surface area (Å²) < 4.78 is 11.2. The fraction of sp³-hybridized carbons (Fsp3) is 0.444. The van der Waals surface area contributed by atoms with Gasteiger partial charge < -0.3 is 14.8 Å². The van der Waals surface area contributed by atoms with E-state index in [1.165, 1.54) is 10.4 Å². The van der Waals surface area contributed by atoms with Crippen molar-refractivity contribution in [3.63, 3.8) is 0 Å². The van der Waals surface area contributed by atoms with Gasteiger partial charge in [0, 0.05) is 30.1 Å². The molecule has 1 aliphatic rings. The van der Waals surface area contributed by atoms with E-state index in [-0.39, 0.29) is 6.04 Å². The van der Waals surface area contributed by atoms with Crippen LogP contribution in [-0.4, -0.2) is 45.3 Å². The Hall–Kier alpha value is -1.56. The van der Waals surface area contributed by atoms with Crippen molar-refractivity contribution < 1.29 is 9.47 Å². The van der Waals surface area contributed by atoms with E-state index in [9.17, 15) is 0 Å². The molecule has 0 spiro atoms. The van der Waals surface area contributed by atoms with Crippen molar-refractivity contribution >= 4 is 11.3 Å². The highest BCUT2D eigenvalue weighted by Gasteiger charge is 2.27. The summed E-state index contributed by atoms with van der Waals surface area (Å²) in [6.45, 7) is 4.22. The molecule has 124 valence electrons. The predicted molar refractivity (Wildman–Crippen MR) is 94.8 cm³/mol. The van der Waals surface area contributed by atoms with Crippen molar-refractivity contribution in [3.05, 3.63) is 46.2 Å². The first kappa shape index (κ1) is 16.3. The molecule has 1 saturated heterocycles. The molecule has 4 nitrogen and oxygen atoms in total. The molecule has 1 aliphatic heterocycles. The maximum Gasteiger partial charge on any atom is 0.165 e. The zero-order valence-corrected chi connectivity index (χ0v) is 14.6. The summed E-state index contributed by atoms with van der Waals surface area (Å²) in [6.07, 6.45) is 1.16. The maximum absolute atomic E-state index is 5.71. The third-order valence-corrected chi connectivity index (χ3v) is 5.21. The van der Waals surface area contributed by atoms with Gasteiger partial charge in [0.05, 0.1) is 20.3 Å². The van der Waals surface area contributed by atoms with Crippen molar-refractivity contribution in [2.75, 3.05) is 40.4 Å². The summed E-state index contributed by atoms with van der Waals surface area (Å²) in [4.78, 5) is 3.89. The molecule has 2 aromatic rings. The molecule has 1 aromatic heterocycles. The smallest absolute Gasteiger partial charge is 0.165 e. The van der Waals surface area contributed by atoms with Crippen molar-refractivity contribution in [2.45, 2.75) is 12.5 Å². The zero-order valence-electron chi connectivity index (χ0n) is 13.7. The van der Waals surface area contributed by atoms with E-state index < -0.39 is 0 Å². The number of benzene rings is 1. The van der Waals surface area contributed by atoms with Gasteiger partial charge in [0.15, 0.2) is 11.5 Å². The largest absolute Gasteiger partial charge is 0.493 e. The average Bonchev–Trinajstić information content (AvgIpc) is 2.98. The molecule has 0 saturated carbocycles. The van der Waals surface area contributed by atoms with Gasteiger partial charge in [-0.3, -0.25) is 4.90 Å². The summed E-state index contributed by atoms with van der Waals surface area (Å²) in [7, 11) is 3.41. The number of nitrogens with zero attached hydrogens (tertiary/aromatic N) is 1. The highest BCUT2D eigenvalue weighted by molar-refractivity contribution is 7.10. The second-order valence-corrected chi connectivity index (χ2v) is 6.62. The number of nitrogens with one attached hydrogen (secondary N) is 1. The lowest BCUT2D eigenvalue weighted by atomic mass is 10.0. The van der Waals surface area contributed by atoms with Crippen LogP contribution in [0.1, 0.15) is 22.9 Å². The molecule has 1 aromatic carbocycles. The lowest BCUT2D eigenvalue weighted by Crippen LogP contribution is -2.32. The molecule has 0 amide bonds. The Balaban J connectivity index is 2.05. The van der Waals surface area contributed by atoms with Crippen LogP contribution < -0.4 is 14.8 Å². The number of para-hydroxylation sites is 1. The quantitative estimate of drug-likeness (QED) is 0.912. The number of rotatable bonds is 5. The Morgan fingerprint density at radius 3 is 2.74 bits per heavy atom. The first-order valence-corrected chi connectivity index (χ1v) is 8.92. The van der Waals surface area contributed by atoms with E-state index in [1.54, 1.807) is 25.6 Å². The minimum absolute atomic E-state index is 0.208. The van der Waals surface area contributed by atoms with Crippen LogP contribution in [0.15, 0.2) is 35.7 Å². The van der Waals surface area contributed by atoms with Crippen LogP contribution in [0.4, 0.5) is 0 Å². The van der Waals surface area contributed by atoms with Gasteiger partial charge in [0.2, 0.25) is 0 Å². The highest BCUT2D eigenvalue weighted by atomic mass is 32.1. The molecule has 23 heavy (non-hydrogen) atoms. The zero-order chi connectivity index (χ0) is 16.1. The van der Waals surface area contributed by atoms with E-state index in [1.807, 2.05) is 12.1 Å². The normalized spacial score (nSPS) is 17.5. The molecule has 3 rings (SSSR count).